The van der Waals surface area contributed by atoms with Crippen LogP contribution in [0.1, 0.15) is 5.56 Å². The van der Waals surface area contributed by atoms with Crippen LogP contribution < -0.4 is 5.43 Å². The second-order valence-electron chi connectivity index (χ2n) is 3.48. The number of furan rings is 1. The maximum absolute atomic E-state index is 11.4. The summed E-state index contributed by atoms with van der Waals surface area (Å²) in [6.45, 7) is -0.156. The Morgan fingerprint density at radius 3 is 3.11 bits per heavy atom. The van der Waals surface area contributed by atoms with Crippen molar-refractivity contribution < 1.29 is 14.1 Å². The van der Waals surface area contributed by atoms with Gasteiger partial charge in [-0.05, 0) is 11.0 Å². The molecule has 0 aliphatic rings. The number of hydrogen-bond acceptors (Lipinski definition) is 6. The van der Waals surface area contributed by atoms with E-state index in [0.29, 0.717) is 5.56 Å². The first-order valence-corrected chi connectivity index (χ1v) is 5.17. The van der Waals surface area contributed by atoms with Crippen LogP contribution in [0.5, 0.6) is 0 Å². The van der Waals surface area contributed by atoms with Crippen LogP contribution in [0.3, 0.4) is 0 Å². The summed E-state index contributed by atoms with van der Waals surface area (Å²) >= 11 is 0. The average Bonchev–Trinajstić information content (AvgIpc) is 3.00. The maximum Gasteiger partial charge on any atom is 0.389 e. The predicted molar refractivity (Wildman–Crippen MR) is 63.3 cm³/mol. The van der Waals surface area contributed by atoms with Crippen molar-refractivity contribution in [2.24, 2.45) is 5.10 Å². The fraction of sp³-hybridized carbons (Fsp3) is 0.100. The third-order valence-electron chi connectivity index (χ3n) is 2.07. The molecule has 0 aromatic carbocycles. The van der Waals surface area contributed by atoms with Crippen LogP contribution in [0.4, 0.5) is 5.82 Å². The molecule has 0 spiro atoms. The molecule has 19 heavy (non-hydrogen) atoms. The van der Waals surface area contributed by atoms with Crippen molar-refractivity contribution in [1.29, 1.82) is 0 Å². The predicted octanol–water partition coefficient (Wildman–Crippen LogP) is 0.535. The lowest BCUT2D eigenvalue weighted by Gasteiger charge is -1.96. The van der Waals surface area contributed by atoms with Gasteiger partial charge in [-0.1, -0.05) is 0 Å². The van der Waals surface area contributed by atoms with Crippen molar-refractivity contribution in [3.63, 3.8) is 0 Å². The highest BCUT2D eigenvalue weighted by atomic mass is 16.6. The molecule has 0 atom stereocenters. The van der Waals surface area contributed by atoms with E-state index in [9.17, 15) is 14.9 Å². The zero-order chi connectivity index (χ0) is 13.7. The third kappa shape index (κ3) is 3.49. The summed E-state index contributed by atoms with van der Waals surface area (Å²) < 4.78 is 5.96. The number of hydrazone groups is 1. The van der Waals surface area contributed by atoms with Gasteiger partial charge in [0.1, 0.15) is 6.54 Å². The SMILES string of the molecule is O=C(Cn1ccc([N+](=O)[O-])n1)N/N=C/c1ccoc1. The molecular weight excluding hydrogens is 254 g/mol. The van der Waals surface area contributed by atoms with E-state index in [1.165, 1.54) is 31.0 Å². The fourth-order valence-corrected chi connectivity index (χ4v) is 1.25. The highest BCUT2D eigenvalue weighted by Gasteiger charge is 2.12. The van der Waals surface area contributed by atoms with Crippen molar-refractivity contribution in [3.05, 3.63) is 46.5 Å². The molecule has 9 heteroatoms. The second-order valence-corrected chi connectivity index (χ2v) is 3.48. The second kappa shape index (κ2) is 5.58. The summed E-state index contributed by atoms with van der Waals surface area (Å²) in [6, 6.07) is 2.88. The van der Waals surface area contributed by atoms with Crippen LogP contribution in [-0.2, 0) is 11.3 Å². The Labute approximate surface area is 106 Å². The number of carbonyl (C=O) groups is 1. The van der Waals surface area contributed by atoms with E-state index in [0.717, 1.165) is 4.68 Å². The fourth-order valence-electron chi connectivity index (χ4n) is 1.25. The van der Waals surface area contributed by atoms with Gasteiger partial charge in [-0.2, -0.15) is 9.78 Å². The Bertz CT molecular complexity index is 601. The molecule has 0 saturated heterocycles. The summed E-state index contributed by atoms with van der Waals surface area (Å²) in [5, 5.41) is 17.7. The number of amides is 1. The molecule has 2 rings (SSSR count). The maximum atomic E-state index is 11.4. The molecule has 0 fully saturated rings. The van der Waals surface area contributed by atoms with Crippen molar-refractivity contribution >= 4 is 17.9 Å². The largest absolute Gasteiger partial charge is 0.472 e. The van der Waals surface area contributed by atoms with Crippen molar-refractivity contribution in [2.75, 3.05) is 0 Å². The normalized spacial score (nSPS) is 10.7. The van der Waals surface area contributed by atoms with Gasteiger partial charge in [0.2, 0.25) is 0 Å². The van der Waals surface area contributed by atoms with E-state index in [4.69, 9.17) is 4.42 Å². The molecule has 1 N–H and O–H groups in total. The number of hydrogen-bond donors (Lipinski definition) is 1. The van der Waals surface area contributed by atoms with Gasteiger partial charge in [0.15, 0.2) is 0 Å². The number of nitro groups is 1. The topological polar surface area (TPSA) is 116 Å². The molecule has 9 nitrogen and oxygen atoms in total. The number of aromatic nitrogens is 2. The minimum Gasteiger partial charge on any atom is -0.472 e. The average molecular weight is 263 g/mol. The summed E-state index contributed by atoms with van der Waals surface area (Å²) in [5.74, 6) is -0.757. The summed E-state index contributed by atoms with van der Waals surface area (Å²) in [5.41, 5.74) is 2.97. The molecule has 98 valence electrons. The van der Waals surface area contributed by atoms with Crippen LogP contribution in [0.25, 0.3) is 0 Å². The van der Waals surface area contributed by atoms with Gasteiger partial charge in [-0.15, -0.1) is 0 Å². The van der Waals surface area contributed by atoms with E-state index in [2.05, 4.69) is 15.6 Å². The van der Waals surface area contributed by atoms with Gasteiger partial charge in [0.05, 0.1) is 36.1 Å². The van der Waals surface area contributed by atoms with Crippen LogP contribution in [0.2, 0.25) is 0 Å². The summed E-state index contributed by atoms with van der Waals surface area (Å²) in [6.07, 6.45) is 5.70. The number of nitrogens with one attached hydrogen (secondary N) is 1. The van der Waals surface area contributed by atoms with Gasteiger partial charge in [0, 0.05) is 5.56 Å². The molecule has 2 aromatic heterocycles. The molecular formula is C10H9N5O4. The highest BCUT2D eigenvalue weighted by Crippen LogP contribution is 2.04. The quantitative estimate of drug-likeness (QED) is 0.480. The molecule has 0 aliphatic heterocycles. The molecule has 1 amide bonds. The Morgan fingerprint density at radius 2 is 2.47 bits per heavy atom. The lowest BCUT2D eigenvalue weighted by atomic mass is 10.4. The molecule has 2 aromatic rings. The molecule has 0 unspecified atom stereocenters. The zero-order valence-corrected chi connectivity index (χ0v) is 9.59. The van der Waals surface area contributed by atoms with E-state index >= 15 is 0 Å². The van der Waals surface area contributed by atoms with E-state index in [1.807, 2.05) is 0 Å². The Hall–Kier alpha value is -2.97. The van der Waals surface area contributed by atoms with Gasteiger partial charge in [-0.3, -0.25) is 4.79 Å². The van der Waals surface area contributed by atoms with E-state index < -0.39 is 10.8 Å². The first-order valence-electron chi connectivity index (χ1n) is 5.17. The minimum atomic E-state index is -0.633. The summed E-state index contributed by atoms with van der Waals surface area (Å²) in [7, 11) is 0. The summed E-state index contributed by atoms with van der Waals surface area (Å²) in [4.78, 5) is 21.2. The number of rotatable bonds is 5. The molecule has 0 saturated carbocycles. The lowest BCUT2D eigenvalue weighted by molar-refractivity contribution is -0.389. The van der Waals surface area contributed by atoms with Crippen molar-refractivity contribution in [3.8, 4) is 0 Å². The van der Waals surface area contributed by atoms with Crippen molar-refractivity contribution in [2.45, 2.75) is 6.54 Å². The standard InChI is InChI=1S/C10H9N5O4/c16-10(12-11-5-8-2-4-19-7-8)6-14-3-1-9(13-14)15(17)18/h1-5,7H,6H2,(H,12,16)/b11-5+. The Morgan fingerprint density at radius 1 is 1.63 bits per heavy atom. The van der Waals surface area contributed by atoms with Crippen LogP contribution in [0.15, 0.2) is 40.4 Å². The molecule has 0 radical (unpaired) electrons. The smallest absolute Gasteiger partial charge is 0.389 e. The molecule has 0 bridgehead atoms. The monoisotopic (exact) mass is 263 g/mol. The lowest BCUT2D eigenvalue weighted by Crippen LogP contribution is -2.23. The van der Waals surface area contributed by atoms with E-state index in [-0.39, 0.29) is 12.4 Å². The highest BCUT2D eigenvalue weighted by molar-refractivity contribution is 5.81. The van der Waals surface area contributed by atoms with Gasteiger partial charge in [-0.25, -0.2) is 5.43 Å². The van der Waals surface area contributed by atoms with Crippen LogP contribution in [0, 0.1) is 10.1 Å². The van der Waals surface area contributed by atoms with Crippen LogP contribution in [-0.4, -0.2) is 26.8 Å². The first-order chi connectivity index (χ1) is 9.15. The molecule has 0 aliphatic carbocycles. The van der Waals surface area contributed by atoms with Gasteiger partial charge in [0.25, 0.3) is 5.91 Å². The Balaban J connectivity index is 1.85. The Kier molecular flexibility index (Phi) is 3.67. The van der Waals surface area contributed by atoms with Crippen molar-refractivity contribution in [1.82, 2.24) is 15.2 Å². The van der Waals surface area contributed by atoms with E-state index in [1.54, 1.807) is 6.07 Å². The van der Waals surface area contributed by atoms with Crippen LogP contribution >= 0.6 is 0 Å². The third-order valence-corrected chi connectivity index (χ3v) is 2.07. The van der Waals surface area contributed by atoms with Gasteiger partial charge >= 0.3 is 5.82 Å². The van der Waals surface area contributed by atoms with Gasteiger partial charge < -0.3 is 14.5 Å². The zero-order valence-electron chi connectivity index (χ0n) is 9.59. The molecule has 2 heterocycles. The first kappa shape index (κ1) is 12.5. The number of carbonyl (C=O) groups excluding carboxylic acids is 1. The minimum absolute atomic E-state index is 0.156. The number of nitrogens with zero attached hydrogens (tertiary/aromatic N) is 4.